The average molecular weight is 245 g/mol. The van der Waals surface area contributed by atoms with Gasteiger partial charge in [-0.2, -0.15) is 0 Å². The topological polar surface area (TPSA) is 38.3 Å². The molecule has 1 saturated carbocycles. The van der Waals surface area contributed by atoms with Crippen molar-refractivity contribution in [3.63, 3.8) is 0 Å². The molecule has 1 aliphatic carbocycles. The Hall–Kier alpha value is -1.61. The Morgan fingerprint density at radius 1 is 1.50 bits per heavy atom. The fourth-order valence-corrected chi connectivity index (χ4v) is 2.03. The van der Waals surface area contributed by atoms with Crippen molar-refractivity contribution >= 4 is 5.97 Å². The predicted octanol–water partition coefficient (Wildman–Crippen LogP) is 2.55. The smallest absolute Gasteiger partial charge is 0.327 e. The summed E-state index contributed by atoms with van der Waals surface area (Å²) < 4.78 is 4.82. The molecule has 1 aliphatic rings. The Morgan fingerprint density at radius 2 is 2.17 bits per heavy atom. The van der Waals surface area contributed by atoms with Crippen molar-refractivity contribution < 1.29 is 9.53 Å². The normalized spacial score (nSPS) is 16.1. The summed E-state index contributed by atoms with van der Waals surface area (Å²) in [4.78, 5) is 11.7. The van der Waals surface area contributed by atoms with Crippen LogP contribution >= 0.6 is 0 Å². The number of ether oxygens (including phenoxy) is 1. The van der Waals surface area contributed by atoms with Crippen LogP contribution in [0.1, 0.15) is 35.9 Å². The number of hydrogen-bond donors (Lipinski definition) is 1. The predicted molar refractivity (Wildman–Crippen MR) is 71.4 cm³/mol. The standard InChI is InChI=1S/C15H19NO2/c1-3-10-16-14(15(17)18-2)13-8-6-12(7-9-13)11-4-5-11/h3,6-9,11,14,16H,1,4-5,10H2,2H3. The van der Waals surface area contributed by atoms with Gasteiger partial charge in [-0.1, -0.05) is 30.3 Å². The number of esters is 1. The highest BCUT2D eigenvalue weighted by Gasteiger charge is 2.24. The molecular weight excluding hydrogens is 226 g/mol. The van der Waals surface area contributed by atoms with Crippen LogP contribution in [-0.4, -0.2) is 19.6 Å². The fourth-order valence-electron chi connectivity index (χ4n) is 2.03. The summed E-state index contributed by atoms with van der Waals surface area (Å²) >= 11 is 0. The van der Waals surface area contributed by atoms with E-state index in [2.05, 4.69) is 24.0 Å². The van der Waals surface area contributed by atoms with Gasteiger partial charge in [0.05, 0.1) is 7.11 Å². The summed E-state index contributed by atoms with van der Waals surface area (Å²) in [6.07, 6.45) is 4.30. The molecule has 2 rings (SSSR count). The Balaban J connectivity index is 2.12. The maximum Gasteiger partial charge on any atom is 0.327 e. The number of benzene rings is 1. The highest BCUT2D eigenvalue weighted by atomic mass is 16.5. The highest BCUT2D eigenvalue weighted by Crippen LogP contribution is 2.40. The van der Waals surface area contributed by atoms with Crippen LogP contribution in [0.15, 0.2) is 36.9 Å². The summed E-state index contributed by atoms with van der Waals surface area (Å²) in [5.74, 6) is 0.466. The number of hydrogen-bond acceptors (Lipinski definition) is 3. The second kappa shape index (κ2) is 5.83. The molecular formula is C15H19NO2. The largest absolute Gasteiger partial charge is 0.468 e. The van der Waals surface area contributed by atoms with E-state index in [1.54, 1.807) is 6.08 Å². The number of carbonyl (C=O) groups excluding carboxylic acids is 1. The fraction of sp³-hybridized carbons (Fsp3) is 0.400. The molecule has 0 aromatic heterocycles. The van der Waals surface area contributed by atoms with Crippen LogP contribution in [0.2, 0.25) is 0 Å². The molecule has 1 atom stereocenters. The maximum absolute atomic E-state index is 11.7. The van der Waals surface area contributed by atoms with Gasteiger partial charge in [0.1, 0.15) is 6.04 Å². The van der Waals surface area contributed by atoms with Crippen molar-refractivity contribution in [2.75, 3.05) is 13.7 Å². The molecule has 0 amide bonds. The van der Waals surface area contributed by atoms with Crippen LogP contribution in [0.25, 0.3) is 0 Å². The number of methoxy groups -OCH3 is 1. The summed E-state index contributed by atoms with van der Waals surface area (Å²) in [6, 6.07) is 7.81. The lowest BCUT2D eigenvalue weighted by Crippen LogP contribution is -2.29. The van der Waals surface area contributed by atoms with Gasteiger partial charge < -0.3 is 4.74 Å². The molecule has 1 fully saturated rings. The highest BCUT2D eigenvalue weighted by molar-refractivity contribution is 5.77. The van der Waals surface area contributed by atoms with E-state index in [4.69, 9.17) is 4.74 Å². The zero-order chi connectivity index (χ0) is 13.0. The lowest BCUT2D eigenvalue weighted by atomic mass is 10.0. The van der Waals surface area contributed by atoms with Gasteiger partial charge in [-0.25, -0.2) is 4.79 Å². The minimum atomic E-state index is -0.416. The first-order valence-electron chi connectivity index (χ1n) is 6.28. The van der Waals surface area contributed by atoms with Crippen molar-refractivity contribution in [3.8, 4) is 0 Å². The van der Waals surface area contributed by atoms with Gasteiger partial charge in [-0.15, -0.1) is 6.58 Å². The van der Waals surface area contributed by atoms with E-state index in [1.165, 1.54) is 25.5 Å². The Bertz CT molecular complexity index is 421. The van der Waals surface area contributed by atoms with E-state index in [9.17, 15) is 4.79 Å². The Labute approximate surface area is 108 Å². The van der Waals surface area contributed by atoms with Gasteiger partial charge in [0.25, 0.3) is 0 Å². The van der Waals surface area contributed by atoms with Gasteiger partial charge in [-0.3, -0.25) is 5.32 Å². The maximum atomic E-state index is 11.7. The lowest BCUT2D eigenvalue weighted by molar-refractivity contribution is -0.143. The monoisotopic (exact) mass is 245 g/mol. The van der Waals surface area contributed by atoms with E-state index < -0.39 is 6.04 Å². The third-order valence-corrected chi connectivity index (χ3v) is 3.22. The first-order valence-corrected chi connectivity index (χ1v) is 6.28. The van der Waals surface area contributed by atoms with Gasteiger partial charge in [-0.05, 0) is 29.9 Å². The Kier molecular flexibility index (Phi) is 4.15. The molecule has 0 spiro atoms. The number of carbonyl (C=O) groups is 1. The van der Waals surface area contributed by atoms with Gasteiger partial charge >= 0.3 is 5.97 Å². The molecule has 0 bridgehead atoms. The van der Waals surface area contributed by atoms with E-state index in [0.717, 1.165) is 11.5 Å². The minimum Gasteiger partial charge on any atom is -0.468 e. The molecule has 1 aromatic rings. The summed E-state index contributed by atoms with van der Waals surface area (Å²) in [7, 11) is 1.41. The van der Waals surface area contributed by atoms with E-state index in [-0.39, 0.29) is 5.97 Å². The first-order chi connectivity index (χ1) is 8.76. The van der Waals surface area contributed by atoms with Crippen LogP contribution in [0.5, 0.6) is 0 Å². The van der Waals surface area contributed by atoms with Crippen molar-refractivity contribution in [1.29, 1.82) is 0 Å². The molecule has 3 heteroatoms. The zero-order valence-corrected chi connectivity index (χ0v) is 10.7. The summed E-state index contributed by atoms with van der Waals surface area (Å²) in [5, 5.41) is 3.11. The molecule has 0 radical (unpaired) electrons. The quantitative estimate of drug-likeness (QED) is 0.618. The van der Waals surface area contributed by atoms with Crippen molar-refractivity contribution in [1.82, 2.24) is 5.32 Å². The molecule has 1 N–H and O–H groups in total. The number of rotatable bonds is 6. The van der Waals surface area contributed by atoms with Gasteiger partial charge in [0.2, 0.25) is 0 Å². The van der Waals surface area contributed by atoms with E-state index in [0.29, 0.717) is 6.54 Å². The van der Waals surface area contributed by atoms with Crippen molar-refractivity contribution in [2.24, 2.45) is 0 Å². The van der Waals surface area contributed by atoms with Crippen LogP contribution in [0.3, 0.4) is 0 Å². The molecule has 1 aromatic carbocycles. The molecule has 0 saturated heterocycles. The lowest BCUT2D eigenvalue weighted by Gasteiger charge is -2.16. The molecule has 3 nitrogen and oxygen atoms in total. The Morgan fingerprint density at radius 3 is 2.67 bits per heavy atom. The van der Waals surface area contributed by atoms with E-state index >= 15 is 0 Å². The molecule has 0 aliphatic heterocycles. The molecule has 18 heavy (non-hydrogen) atoms. The average Bonchev–Trinajstić information content (AvgIpc) is 3.24. The zero-order valence-electron chi connectivity index (χ0n) is 10.7. The van der Waals surface area contributed by atoms with Gasteiger partial charge in [0.15, 0.2) is 0 Å². The third kappa shape index (κ3) is 2.99. The second-order valence-corrected chi connectivity index (χ2v) is 4.59. The minimum absolute atomic E-state index is 0.268. The van der Waals surface area contributed by atoms with Crippen LogP contribution < -0.4 is 5.32 Å². The molecule has 1 unspecified atom stereocenters. The first kappa shape index (κ1) is 12.8. The third-order valence-electron chi connectivity index (χ3n) is 3.22. The summed E-state index contributed by atoms with van der Waals surface area (Å²) in [5.41, 5.74) is 2.30. The van der Waals surface area contributed by atoms with Crippen LogP contribution in [-0.2, 0) is 9.53 Å². The molecule has 0 heterocycles. The van der Waals surface area contributed by atoms with E-state index in [1.807, 2.05) is 12.1 Å². The van der Waals surface area contributed by atoms with Crippen molar-refractivity contribution in [2.45, 2.75) is 24.8 Å². The molecule has 96 valence electrons. The summed E-state index contributed by atoms with van der Waals surface area (Å²) in [6.45, 7) is 4.22. The van der Waals surface area contributed by atoms with Crippen molar-refractivity contribution in [3.05, 3.63) is 48.0 Å². The second-order valence-electron chi connectivity index (χ2n) is 4.59. The van der Waals surface area contributed by atoms with Gasteiger partial charge in [0, 0.05) is 6.54 Å². The number of nitrogens with one attached hydrogen (secondary N) is 1. The van der Waals surface area contributed by atoms with Crippen LogP contribution in [0.4, 0.5) is 0 Å². The SMILES string of the molecule is C=CCNC(C(=O)OC)c1ccc(C2CC2)cc1. The van der Waals surface area contributed by atoms with Crippen LogP contribution in [0, 0.1) is 0 Å².